The highest BCUT2D eigenvalue weighted by molar-refractivity contribution is 6.35. The topological polar surface area (TPSA) is 30.2 Å². The average molecular weight is 307 g/mol. The molecule has 0 unspecified atom stereocenters. The van der Waals surface area contributed by atoms with Crippen molar-refractivity contribution in [3.8, 4) is 0 Å². The number of ketones is 1. The molecule has 1 aromatic heterocycles. The van der Waals surface area contributed by atoms with Gasteiger partial charge in [0.15, 0.2) is 5.76 Å². The van der Waals surface area contributed by atoms with Crippen LogP contribution in [0.3, 0.4) is 0 Å². The van der Waals surface area contributed by atoms with E-state index >= 15 is 0 Å². The Bertz CT molecular complexity index is 868. The zero-order chi connectivity index (χ0) is 15.1. The molecule has 3 rings (SSSR count). The second kappa shape index (κ2) is 4.97. The van der Waals surface area contributed by atoms with E-state index in [0.29, 0.717) is 16.0 Å². The Morgan fingerprint density at radius 3 is 2.62 bits per heavy atom. The van der Waals surface area contributed by atoms with E-state index in [0.717, 1.165) is 12.1 Å². The fourth-order valence-electron chi connectivity index (χ4n) is 2.09. The van der Waals surface area contributed by atoms with Crippen LogP contribution in [0.1, 0.15) is 21.7 Å². The molecular formula is C16H9ClF2O2. The summed E-state index contributed by atoms with van der Waals surface area (Å²) in [5.74, 6) is -2.24. The molecule has 0 aliphatic carbocycles. The SMILES string of the molecule is Cc1cc(F)c(C(=O)c2cc3c(Cl)cccc3o2)cc1F. The summed E-state index contributed by atoms with van der Waals surface area (Å²) in [6.07, 6.45) is 0. The summed E-state index contributed by atoms with van der Waals surface area (Å²) < 4.78 is 32.7. The molecule has 21 heavy (non-hydrogen) atoms. The number of furan rings is 1. The van der Waals surface area contributed by atoms with Crippen molar-refractivity contribution in [3.63, 3.8) is 0 Å². The van der Waals surface area contributed by atoms with Crippen LogP contribution in [0.15, 0.2) is 40.8 Å². The molecule has 0 spiro atoms. The number of fused-ring (bicyclic) bond motifs is 1. The van der Waals surface area contributed by atoms with Crippen LogP contribution in [0.4, 0.5) is 8.78 Å². The molecule has 0 saturated carbocycles. The first-order valence-corrected chi connectivity index (χ1v) is 6.53. The van der Waals surface area contributed by atoms with Crippen molar-refractivity contribution in [1.29, 1.82) is 0 Å². The molecule has 1 heterocycles. The van der Waals surface area contributed by atoms with E-state index in [1.807, 2.05) is 0 Å². The number of rotatable bonds is 2. The molecule has 0 aliphatic heterocycles. The van der Waals surface area contributed by atoms with E-state index in [2.05, 4.69) is 0 Å². The molecular weight excluding hydrogens is 298 g/mol. The van der Waals surface area contributed by atoms with Crippen molar-refractivity contribution in [2.75, 3.05) is 0 Å². The van der Waals surface area contributed by atoms with Gasteiger partial charge in [-0.3, -0.25) is 4.79 Å². The van der Waals surface area contributed by atoms with Gasteiger partial charge in [0.25, 0.3) is 0 Å². The van der Waals surface area contributed by atoms with Crippen LogP contribution in [0.25, 0.3) is 11.0 Å². The van der Waals surface area contributed by atoms with Crippen LogP contribution in [0, 0.1) is 18.6 Å². The Morgan fingerprint density at radius 2 is 1.90 bits per heavy atom. The van der Waals surface area contributed by atoms with E-state index in [-0.39, 0.29) is 16.9 Å². The third-order valence-corrected chi connectivity index (χ3v) is 3.55. The van der Waals surface area contributed by atoms with Gasteiger partial charge in [0.1, 0.15) is 17.2 Å². The second-order valence-corrected chi connectivity index (χ2v) is 5.08. The van der Waals surface area contributed by atoms with Crippen LogP contribution >= 0.6 is 11.6 Å². The molecule has 3 aromatic rings. The highest BCUT2D eigenvalue weighted by atomic mass is 35.5. The maximum atomic E-state index is 13.8. The molecule has 0 fully saturated rings. The van der Waals surface area contributed by atoms with Gasteiger partial charge in [0.2, 0.25) is 5.78 Å². The second-order valence-electron chi connectivity index (χ2n) is 4.67. The zero-order valence-corrected chi connectivity index (χ0v) is 11.7. The fraction of sp³-hybridized carbons (Fsp3) is 0.0625. The standard InChI is InChI=1S/C16H9ClF2O2/c1-8-5-13(19)10(6-12(8)18)16(20)15-7-9-11(17)3-2-4-14(9)21-15/h2-7H,1H3. The van der Waals surface area contributed by atoms with Gasteiger partial charge in [-0.05, 0) is 42.8 Å². The Labute approximate surface area is 123 Å². The maximum Gasteiger partial charge on any atom is 0.231 e. The van der Waals surface area contributed by atoms with Crippen LogP contribution < -0.4 is 0 Å². The van der Waals surface area contributed by atoms with Gasteiger partial charge in [0, 0.05) is 5.39 Å². The fourth-order valence-corrected chi connectivity index (χ4v) is 2.31. The summed E-state index contributed by atoms with van der Waals surface area (Å²) >= 11 is 5.99. The molecule has 0 N–H and O–H groups in total. The van der Waals surface area contributed by atoms with Crippen LogP contribution in [-0.4, -0.2) is 5.78 Å². The predicted molar refractivity (Wildman–Crippen MR) is 75.8 cm³/mol. The number of hydrogen-bond donors (Lipinski definition) is 0. The first-order valence-electron chi connectivity index (χ1n) is 6.16. The average Bonchev–Trinajstić information content (AvgIpc) is 2.87. The Morgan fingerprint density at radius 1 is 1.14 bits per heavy atom. The number of carbonyl (C=O) groups is 1. The van der Waals surface area contributed by atoms with Gasteiger partial charge in [-0.1, -0.05) is 17.7 Å². The van der Waals surface area contributed by atoms with E-state index in [9.17, 15) is 13.6 Å². The van der Waals surface area contributed by atoms with Crippen LogP contribution in [0.2, 0.25) is 5.02 Å². The Kier molecular flexibility index (Phi) is 3.26. The van der Waals surface area contributed by atoms with Crippen molar-refractivity contribution < 1.29 is 18.0 Å². The molecule has 106 valence electrons. The lowest BCUT2D eigenvalue weighted by atomic mass is 10.1. The molecule has 0 radical (unpaired) electrons. The molecule has 0 atom stereocenters. The molecule has 0 bridgehead atoms. The number of halogens is 3. The van der Waals surface area contributed by atoms with Crippen molar-refractivity contribution in [2.45, 2.75) is 6.92 Å². The van der Waals surface area contributed by atoms with Gasteiger partial charge in [-0.15, -0.1) is 0 Å². The third kappa shape index (κ3) is 2.32. The highest BCUT2D eigenvalue weighted by Gasteiger charge is 2.20. The van der Waals surface area contributed by atoms with Crippen molar-refractivity contribution in [3.05, 3.63) is 69.9 Å². The van der Waals surface area contributed by atoms with Gasteiger partial charge >= 0.3 is 0 Å². The summed E-state index contributed by atoms with van der Waals surface area (Å²) in [6, 6.07) is 8.26. The lowest BCUT2D eigenvalue weighted by molar-refractivity contribution is 0.101. The minimum atomic E-state index is -0.787. The minimum absolute atomic E-state index is 0.0831. The summed E-state index contributed by atoms with van der Waals surface area (Å²) in [5.41, 5.74) is 0.184. The molecule has 5 heteroatoms. The lowest BCUT2D eigenvalue weighted by Crippen LogP contribution is -2.04. The number of carbonyl (C=O) groups excluding carboxylic acids is 1. The van der Waals surface area contributed by atoms with E-state index in [1.165, 1.54) is 13.0 Å². The smallest absolute Gasteiger partial charge is 0.231 e. The first-order chi connectivity index (χ1) is 9.97. The predicted octanol–water partition coefficient (Wildman–Crippen LogP) is 4.90. The summed E-state index contributed by atoms with van der Waals surface area (Å²) in [7, 11) is 0. The Hall–Kier alpha value is -2.20. The normalized spacial score (nSPS) is 11.0. The van der Waals surface area contributed by atoms with Crippen LogP contribution in [-0.2, 0) is 0 Å². The summed E-state index contributed by atoms with van der Waals surface area (Å²) in [6.45, 7) is 1.42. The third-order valence-electron chi connectivity index (χ3n) is 3.22. The van der Waals surface area contributed by atoms with Gasteiger partial charge in [0.05, 0.1) is 10.6 Å². The van der Waals surface area contributed by atoms with Crippen molar-refractivity contribution in [1.82, 2.24) is 0 Å². The lowest BCUT2D eigenvalue weighted by Gasteiger charge is -2.02. The molecule has 0 aliphatic rings. The largest absolute Gasteiger partial charge is 0.453 e. The van der Waals surface area contributed by atoms with Gasteiger partial charge in [-0.2, -0.15) is 0 Å². The van der Waals surface area contributed by atoms with Gasteiger partial charge in [-0.25, -0.2) is 8.78 Å². The molecule has 0 saturated heterocycles. The molecule has 2 aromatic carbocycles. The van der Waals surface area contributed by atoms with Crippen molar-refractivity contribution >= 4 is 28.4 Å². The minimum Gasteiger partial charge on any atom is -0.453 e. The molecule has 0 amide bonds. The summed E-state index contributed by atoms with van der Waals surface area (Å²) in [5, 5.41) is 0.973. The zero-order valence-electron chi connectivity index (χ0n) is 10.9. The monoisotopic (exact) mass is 306 g/mol. The first kappa shape index (κ1) is 13.8. The van der Waals surface area contributed by atoms with E-state index in [4.69, 9.17) is 16.0 Å². The number of aryl methyl sites for hydroxylation is 1. The maximum absolute atomic E-state index is 13.8. The molecule has 2 nitrogen and oxygen atoms in total. The van der Waals surface area contributed by atoms with E-state index < -0.39 is 17.4 Å². The van der Waals surface area contributed by atoms with E-state index in [1.54, 1.807) is 18.2 Å². The summed E-state index contributed by atoms with van der Waals surface area (Å²) in [4.78, 5) is 12.3. The van der Waals surface area contributed by atoms with Crippen LogP contribution in [0.5, 0.6) is 0 Å². The number of benzene rings is 2. The Balaban J connectivity index is 2.12. The quantitative estimate of drug-likeness (QED) is 0.630. The highest BCUT2D eigenvalue weighted by Crippen LogP contribution is 2.28. The van der Waals surface area contributed by atoms with Crippen molar-refractivity contribution in [2.24, 2.45) is 0 Å². The number of hydrogen-bond acceptors (Lipinski definition) is 2. The van der Waals surface area contributed by atoms with Gasteiger partial charge < -0.3 is 4.42 Å².